The summed E-state index contributed by atoms with van der Waals surface area (Å²) in [6.45, 7) is 25.6. The second-order valence-electron chi connectivity index (χ2n) is 33.4. The molecule has 4 saturated carbocycles. The lowest BCUT2D eigenvalue weighted by Crippen LogP contribution is -2.74. The van der Waals surface area contributed by atoms with E-state index in [9.17, 15) is 24.4 Å². The summed E-state index contributed by atoms with van der Waals surface area (Å²) in [5.41, 5.74) is 9.92. The molecule has 113 heavy (non-hydrogen) atoms. The molecule has 8 fully saturated rings. The number of hydrogen-bond donors (Lipinski definition) is 3. The molecule has 0 aromatic heterocycles. The summed E-state index contributed by atoms with van der Waals surface area (Å²) in [5.74, 6) is 2.73. The van der Waals surface area contributed by atoms with Crippen LogP contribution in [0.2, 0.25) is 0 Å². The Morgan fingerprint density at radius 3 is 1.19 bits per heavy atom. The number of morpholine rings is 2. The molecule has 4 N–H and O–H groups in total. The minimum atomic E-state index is -0.903. The number of nitrogens with two attached hydrogens (primary N) is 1. The number of carbonyl (C=O) groups excluding carboxylic acids is 3. The molecule has 6 aromatic carbocycles. The van der Waals surface area contributed by atoms with Crippen LogP contribution in [0.4, 0.5) is 11.4 Å². The van der Waals surface area contributed by atoms with Gasteiger partial charge < -0.3 is 82.8 Å². The second kappa shape index (κ2) is 34.0. The molecule has 4 aliphatic carbocycles. The Kier molecular flexibility index (Phi) is 24.8. The first-order valence-electron chi connectivity index (χ1n) is 39.1. The van der Waals surface area contributed by atoms with Crippen molar-refractivity contribution in [3.63, 3.8) is 0 Å². The molecule has 0 atom stereocenters. The first-order chi connectivity index (χ1) is 53.9. The Hall–Kier alpha value is -10.0. The third-order valence-electron chi connectivity index (χ3n) is 25.0. The van der Waals surface area contributed by atoms with Gasteiger partial charge in [-0.2, -0.15) is 10.5 Å². The lowest BCUT2D eigenvalue weighted by Gasteiger charge is -2.63. The SMILES string of the molecule is COC(=O)c1ccc(OC2CC(N3CCOC4(CCN(c5ccc(C(=O)NC6C(C)(C)C(Oc7ccc(C#N)c(OC)c7)C6(C)C)cc5)CC4)C3)C2)cc1OC.COC(=O)c1ccc(OC2CC(N3CCOC4(CCN(c5ccc(C(=O)O)cc5)CC4)C3)C2)cc1OC.COc1cc(OC2C(C)(C)C(N)C2(C)C)ccc1C#N. The van der Waals surface area contributed by atoms with Gasteiger partial charge in [0.05, 0.1) is 83.8 Å². The number of anilines is 2. The summed E-state index contributed by atoms with van der Waals surface area (Å²) in [5, 5.41) is 30.8. The number of piperidine rings is 2. The standard InChI is InChI=1S/C44H54N4O8.C28H34N2O7.C16H22N2O2/c1-42(2)40(43(3,4)41(42)56-33-13-10-29(26-45)36(24-33)51-5)46-38(49)28-8-11-30(12-9-28)47-18-16-44(17-19-47)27-48(20-21-54-44)31-22-34(23-31)55-32-14-15-35(39(50)53-7)37(25-32)52-6;1-34-25-17-22(7-8-24(25)27(33)35-2)37-23-15-21(16-23)30-13-14-36-28(18-30)9-11-29(12-10-28)20-5-3-19(4-6-20)26(31)32;1-15(2)13(18)16(3,4)14(15)20-11-7-6-10(9-17)12(8-11)19-5/h8-15,24-25,31,34,40-41H,16-23,27H2,1-7H3,(H,46,49);3-8,17,21,23H,9-16,18H2,1-2H3,(H,31,32);6-8,13-14H,18H2,1-5H3. The average molecular weight is 1550 g/mol. The highest BCUT2D eigenvalue weighted by molar-refractivity contribution is 5.95. The molecule has 0 unspecified atom stereocenters. The van der Waals surface area contributed by atoms with Crippen molar-refractivity contribution in [1.82, 2.24) is 15.1 Å². The van der Waals surface area contributed by atoms with Gasteiger partial charge in [0.15, 0.2) is 0 Å². The van der Waals surface area contributed by atoms with Crippen LogP contribution in [0.1, 0.15) is 159 Å². The van der Waals surface area contributed by atoms with E-state index in [4.69, 9.17) is 72.9 Å². The molecule has 14 rings (SSSR count). The molecule has 604 valence electrons. The van der Waals surface area contributed by atoms with E-state index < -0.39 is 17.9 Å². The highest BCUT2D eigenvalue weighted by Gasteiger charge is 2.65. The zero-order valence-corrected chi connectivity index (χ0v) is 67.6. The first kappa shape index (κ1) is 82.4. The number of rotatable bonds is 21. The molecule has 4 heterocycles. The Morgan fingerprint density at radius 2 is 0.823 bits per heavy atom. The Bertz CT molecular complexity index is 4440. The van der Waals surface area contributed by atoms with Crippen molar-refractivity contribution in [1.29, 1.82) is 10.5 Å². The van der Waals surface area contributed by atoms with Crippen molar-refractivity contribution in [2.24, 2.45) is 27.4 Å². The normalized spacial score (nSPS) is 24.5. The number of hydrogen-bond acceptors (Lipinski definition) is 23. The Balaban J connectivity index is 0.000000177. The van der Waals surface area contributed by atoms with E-state index in [0.717, 1.165) is 128 Å². The summed E-state index contributed by atoms with van der Waals surface area (Å²) < 4.78 is 68.8. The van der Waals surface area contributed by atoms with Gasteiger partial charge in [0.25, 0.3) is 5.91 Å². The Labute approximate surface area is 663 Å². The lowest BCUT2D eigenvalue weighted by atomic mass is 9.49. The minimum Gasteiger partial charge on any atom is -0.496 e. The number of methoxy groups -OCH3 is 6. The maximum absolute atomic E-state index is 13.6. The van der Waals surface area contributed by atoms with Crippen LogP contribution >= 0.6 is 0 Å². The summed E-state index contributed by atoms with van der Waals surface area (Å²) in [6, 6.07) is 41.1. The van der Waals surface area contributed by atoms with Crippen LogP contribution in [0.15, 0.2) is 121 Å². The monoisotopic (exact) mass is 1550 g/mol. The highest BCUT2D eigenvalue weighted by Crippen LogP contribution is 2.57. The third-order valence-corrected chi connectivity index (χ3v) is 25.0. The molecule has 4 saturated heterocycles. The van der Waals surface area contributed by atoms with Crippen LogP contribution < -0.4 is 58.7 Å². The smallest absolute Gasteiger partial charge is 0.341 e. The number of esters is 2. The van der Waals surface area contributed by atoms with E-state index >= 15 is 0 Å². The molecular weight excluding hydrogens is 1440 g/mol. The van der Waals surface area contributed by atoms with Gasteiger partial charge in [0.2, 0.25) is 0 Å². The number of carboxylic acid groups (broad SMARTS) is 1. The fourth-order valence-corrected chi connectivity index (χ4v) is 18.7. The zero-order valence-electron chi connectivity index (χ0n) is 67.6. The summed E-state index contributed by atoms with van der Waals surface area (Å²) in [6.07, 6.45) is 7.69. The van der Waals surface area contributed by atoms with Gasteiger partial charge in [-0.05, 0) is 123 Å². The molecule has 8 aliphatic rings. The number of amides is 1. The number of nitrogens with one attached hydrogen (secondary N) is 1. The van der Waals surface area contributed by atoms with E-state index in [1.807, 2.05) is 24.3 Å². The highest BCUT2D eigenvalue weighted by atomic mass is 16.5. The van der Waals surface area contributed by atoms with Crippen LogP contribution in [-0.4, -0.2) is 207 Å². The van der Waals surface area contributed by atoms with Crippen molar-refractivity contribution in [3.8, 4) is 58.1 Å². The number of carboxylic acids is 1. The number of ether oxygens (including phenoxy) is 12. The molecule has 6 aromatic rings. The van der Waals surface area contributed by atoms with Crippen molar-refractivity contribution in [2.45, 2.75) is 167 Å². The van der Waals surface area contributed by atoms with Crippen molar-refractivity contribution >= 4 is 35.2 Å². The van der Waals surface area contributed by atoms with Gasteiger partial charge in [-0.1, -0.05) is 55.4 Å². The van der Waals surface area contributed by atoms with Crippen LogP contribution in [-0.2, 0) is 18.9 Å². The van der Waals surface area contributed by atoms with Crippen LogP contribution in [0.3, 0.4) is 0 Å². The fraction of sp³-hybridized carbons (Fsp3) is 0.523. The van der Waals surface area contributed by atoms with Gasteiger partial charge >= 0.3 is 17.9 Å². The maximum Gasteiger partial charge on any atom is 0.341 e. The predicted molar refractivity (Wildman–Crippen MR) is 425 cm³/mol. The number of aromatic carboxylic acids is 1. The van der Waals surface area contributed by atoms with E-state index in [0.29, 0.717) is 91.5 Å². The van der Waals surface area contributed by atoms with Crippen molar-refractivity contribution in [2.75, 3.05) is 118 Å². The number of benzene rings is 6. The second-order valence-corrected chi connectivity index (χ2v) is 33.4. The first-order valence-corrected chi connectivity index (χ1v) is 39.1. The van der Waals surface area contributed by atoms with Gasteiger partial charge in [-0.3, -0.25) is 14.6 Å². The maximum atomic E-state index is 13.6. The average Bonchev–Trinajstić information content (AvgIpc) is 0.708. The summed E-state index contributed by atoms with van der Waals surface area (Å²) in [7, 11) is 8.85. The number of nitrogens with zero attached hydrogens (tertiary/aromatic N) is 6. The molecule has 4 aliphatic heterocycles. The molecule has 1 amide bonds. The topological polar surface area (TPSA) is 298 Å². The van der Waals surface area contributed by atoms with E-state index in [1.165, 1.54) is 35.5 Å². The van der Waals surface area contributed by atoms with Gasteiger partial charge in [-0.15, -0.1) is 0 Å². The lowest BCUT2D eigenvalue weighted by molar-refractivity contribution is -0.164. The molecule has 0 radical (unpaired) electrons. The summed E-state index contributed by atoms with van der Waals surface area (Å²) >= 11 is 0. The molecule has 0 bridgehead atoms. The molecule has 25 heteroatoms. The van der Waals surface area contributed by atoms with E-state index in [-0.39, 0.29) is 75.3 Å². The van der Waals surface area contributed by atoms with E-state index in [1.54, 1.807) is 92.0 Å². The van der Waals surface area contributed by atoms with E-state index in [2.05, 4.69) is 105 Å². The van der Waals surface area contributed by atoms with Crippen molar-refractivity contribution < 1.29 is 81.1 Å². The fourth-order valence-electron chi connectivity index (χ4n) is 18.7. The summed E-state index contributed by atoms with van der Waals surface area (Å²) in [4.78, 5) is 58.4. The number of nitriles is 2. The molecular formula is C88H110N8O17. The van der Waals surface area contributed by atoms with Gasteiger partial charge in [0.1, 0.15) is 93.7 Å². The molecule has 2 spiro atoms. The van der Waals surface area contributed by atoms with Gasteiger partial charge in [0, 0.05) is 165 Å². The quantitative estimate of drug-likeness (QED) is 0.0564. The van der Waals surface area contributed by atoms with Crippen LogP contribution in [0.25, 0.3) is 0 Å². The Morgan fingerprint density at radius 1 is 0.469 bits per heavy atom. The largest absolute Gasteiger partial charge is 0.496 e. The predicted octanol–water partition coefficient (Wildman–Crippen LogP) is 12.4. The molecule has 25 nitrogen and oxygen atoms in total. The van der Waals surface area contributed by atoms with Crippen LogP contribution in [0.5, 0.6) is 46.0 Å². The van der Waals surface area contributed by atoms with Crippen LogP contribution in [0, 0.1) is 44.3 Å². The number of carbonyl (C=O) groups is 4. The minimum absolute atomic E-state index is 0.0302. The third kappa shape index (κ3) is 17.4. The zero-order chi connectivity index (χ0) is 81.0. The van der Waals surface area contributed by atoms with Gasteiger partial charge in [-0.25, -0.2) is 14.4 Å². The van der Waals surface area contributed by atoms with Crippen molar-refractivity contribution in [3.05, 3.63) is 155 Å².